The van der Waals surface area contributed by atoms with Gasteiger partial charge in [0.15, 0.2) is 0 Å². The van der Waals surface area contributed by atoms with Crippen molar-refractivity contribution in [2.24, 2.45) is 5.92 Å². The molecule has 2 fully saturated rings. The molecule has 1 heterocycles. The van der Waals surface area contributed by atoms with Crippen molar-refractivity contribution in [2.45, 2.75) is 77.4 Å². The van der Waals surface area contributed by atoms with Crippen molar-refractivity contribution in [1.29, 1.82) is 0 Å². The van der Waals surface area contributed by atoms with E-state index in [1.165, 1.54) is 51.6 Å². The Labute approximate surface area is 129 Å². The Balaban J connectivity index is 1.73. The number of piperidine rings is 1. The fourth-order valence-corrected chi connectivity index (χ4v) is 3.55. The van der Waals surface area contributed by atoms with Crippen LogP contribution in [0.1, 0.15) is 65.7 Å². The number of carbonyl (C=O) groups is 1. The molecule has 122 valence electrons. The van der Waals surface area contributed by atoms with Crippen molar-refractivity contribution < 1.29 is 9.53 Å². The van der Waals surface area contributed by atoms with Crippen LogP contribution in [0.2, 0.25) is 0 Å². The van der Waals surface area contributed by atoms with Crippen molar-refractivity contribution >= 4 is 6.09 Å². The summed E-state index contributed by atoms with van der Waals surface area (Å²) in [5.41, 5.74) is -0.416. The molecule has 1 saturated heterocycles. The number of likely N-dealkylation sites (tertiary alicyclic amines) is 1. The Kier molecular flexibility index (Phi) is 5.91. The van der Waals surface area contributed by atoms with Gasteiger partial charge in [-0.05, 0) is 58.9 Å². The van der Waals surface area contributed by atoms with E-state index in [1.807, 2.05) is 20.8 Å². The maximum atomic E-state index is 11.9. The molecule has 0 unspecified atom stereocenters. The monoisotopic (exact) mass is 296 g/mol. The van der Waals surface area contributed by atoms with Gasteiger partial charge in [-0.15, -0.1) is 0 Å². The number of nitrogens with one attached hydrogen (secondary N) is 1. The molecule has 0 aromatic rings. The molecular formula is C17H32N2O2. The van der Waals surface area contributed by atoms with Gasteiger partial charge in [0.2, 0.25) is 0 Å². The van der Waals surface area contributed by atoms with Crippen LogP contribution >= 0.6 is 0 Å². The molecule has 1 saturated carbocycles. The molecule has 1 aliphatic heterocycles. The van der Waals surface area contributed by atoms with Gasteiger partial charge in [-0.1, -0.05) is 19.3 Å². The van der Waals surface area contributed by atoms with Crippen LogP contribution in [0.15, 0.2) is 0 Å². The summed E-state index contributed by atoms with van der Waals surface area (Å²) in [5, 5.41) is 3.04. The molecule has 1 aliphatic carbocycles. The van der Waals surface area contributed by atoms with E-state index in [2.05, 4.69) is 10.2 Å². The fourth-order valence-electron chi connectivity index (χ4n) is 3.55. The van der Waals surface area contributed by atoms with E-state index >= 15 is 0 Å². The van der Waals surface area contributed by atoms with E-state index in [0.29, 0.717) is 0 Å². The SMILES string of the molecule is CC(C)(C)OC(=O)N[C@@H]1CCCN(CC2CCCCC2)C1. The van der Waals surface area contributed by atoms with E-state index in [9.17, 15) is 4.79 Å². The minimum absolute atomic E-state index is 0.247. The molecule has 0 spiro atoms. The van der Waals surface area contributed by atoms with E-state index in [4.69, 9.17) is 4.74 Å². The number of ether oxygens (including phenoxy) is 1. The molecule has 1 atom stereocenters. The Morgan fingerprint density at radius 2 is 1.86 bits per heavy atom. The van der Waals surface area contributed by atoms with Crippen molar-refractivity contribution in [3.8, 4) is 0 Å². The third kappa shape index (κ3) is 6.25. The van der Waals surface area contributed by atoms with E-state index in [-0.39, 0.29) is 12.1 Å². The second-order valence-electron chi connectivity index (χ2n) is 7.75. The third-order valence-corrected chi connectivity index (χ3v) is 4.47. The first kappa shape index (κ1) is 16.6. The number of nitrogens with zero attached hydrogens (tertiary/aromatic N) is 1. The molecule has 2 rings (SSSR count). The molecule has 21 heavy (non-hydrogen) atoms. The fraction of sp³-hybridized carbons (Fsp3) is 0.941. The first-order valence-electron chi connectivity index (χ1n) is 8.64. The topological polar surface area (TPSA) is 41.6 Å². The van der Waals surface area contributed by atoms with Crippen LogP contribution in [0.5, 0.6) is 0 Å². The van der Waals surface area contributed by atoms with Crippen LogP contribution in [0, 0.1) is 5.92 Å². The highest BCUT2D eigenvalue weighted by molar-refractivity contribution is 5.68. The number of amides is 1. The Hall–Kier alpha value is -0.770. The lowest BCUT2D eigenvalue weighted by Gasteiger charge is -2.36. The molecule has 0 bridgehead atoms. The molecular weight excluding hydrogens is 264 g/mol. The highest BCUT2D eigenvalue weighted by atomic mass is 16.6. The first-order chi connectivity index (χ1) is 9.92. The van der Waals surface area contributed by atoms with Crippen LogP contribution in [0.4, 0.5) is 4.79 Å². The van der Waals surface area contributed by atoms with E-state index < -0.39 is 5.60 Å². The van der Waals surface area contributed by atoms with Gasteiger partial charge in [-0.2, -0.15) is 0 Å². The lowest BCUT2D eigenvalue weighted by atomic mass is 9.88. The van der Waals surface area contributed by atoms with Gasteiger partial charge >= 0.3 is 6.09 Å². The highest BCUT2D eigenvalue weighted by Crippen LogP contribution is 2.25. The molecule has 0 aromatic heterocycles. The molecule has 4 nitrogen and oxygen atoms in total. The van der Waals surface area contributed by atoms with Crippen LogP contribution < -0.4 is 5.32 Å². The summed E-state index contributed by atoms with van der Waals surface area (Å²) in [5.74, 6) is 0.874. The maximum absolute atomic E-state index is 11.9. The second-order valence-corrected chi connectivity index (χ2v) is 7.75. The van der Waals surface area contributed by atoms with Crippen LogP contribution in [-0.2, 0) is 4.74 Å². The lowest BCUT2D eigenvalue weighted by Crippen LogP contribution is -2.49. The third-order valence-electron chi connectivity index (χ3n) is 4.47. The van der Waals surface area contributed by atoms with Crippen molar-refractivity contribution in [3.05, 3.63) is 0 Å². The zero-order valence-electron chi connectivity index (χ0n) is 14.0. The summed E-state index contributed by atoms with van der Waals surface area (Å²) in [7, 11) is 0. The minimum atomic E-state index is -0.416. The molecule has 4 heteroatoms. The Morgan fingerprint density at radius 3 is 2.52 bits per heavy atom. The molecule has 0 aromatic carbocycles. The Morgan fingerprint density at radius 1 is 1.14 bits per heavy atom. The molecule has 1 N–H and O–H groups in total. The maximum Gasteiger partial charge on any atom is 0.407 e. The number of alkyl carbamates (subject to hydrolysis) is 1. The summed E-state index contributed by atoms with van der Waals surface area (Å²) in [6.45, 7) is 9.10. The van der Waals surface area contributed by atoms with E-state index in [0.717, 1.165) is 18.9 Å². The van der Waals surface area contributed by atoms with E-state index in [1.54, 1.807) is 0 Å². The minimum Gasteiger partial charge on any atom is -0.444 e. The molecule has 0 radical (unpaired) electrons. The zero-order valence-corrected chi connectivity index (χ0v) is 14.0. The van der Waals surface area contributed by atoms with Gasteiger partial charge < -0.3 is 15.0 Å². The van der Waals surface area contributed by atoms with Crippen LogP contribution in [0.3, 0.4) is 0 Å². The van der Waals surface area contributed by atoms with Gasteiger partial charge in [0.05, 0.1) is 0 Å². The normalized spacial score (nSPS) is 25.6. The number of hydrogen-bond acceptors (Lipinski definition) is 3. The Bertz CT molecular complexity index is 332. The van der Waals surface area contributed by atoms with Crippen molar-refractivity contribution in [3.63, 3.8) is 0 Å². The van der Waals surface area contributed by atoms with Gasteiger partial charge in [0.25, 0.3) is 0 Å². The van der Waals surface area contributed by atoms with Gasteiger partial charge in [-0.3, -0.25) is 0 Å². The number of hydrogen-bond donors (Lipinski definition) is 1. The number of carbonyl (C=O) groups excluding carboxylic acids is 1. The quantitative estimate of drug-likeness (QED) is 0.866. The molecule has 2 aliphatic rings. The van der Waals surface area contributed by atoms with Crippen molar-refractivity contribution in [2.75, 3.05) is 19.6 Å². The predicted octanol–water partition coefficient (Wildman–Crippen LogP) is 3.56. The second kappa shape index (κ2) is 7.48. The summed E-state index contributed by atoms with van der Waals surface area (Å²) >= 11 is 0. The summed E-state index contributed by atoms with van der Waals surface area (Å²) < 4.78 is 5.36. The largest absolute Gasteiger partial charge is 0.444 e. The average Bonchev–Trinajstić information content (AvgIpc) is 2.38. The zero-order chi connectivity index (χ0) is 15.3. The number of rotatable bonds is 3. The first-order valence-corrected chi connectivity index (χ1v) is 8.64. The van der Waals surface area contributed by atoms with Crippen LogP contribution in [0.25, 0.3) is 0 Å². The van der Waals surface area contributed by atoms with Gasteiger partial charge in [-0.25, -0.2) is 4.79 Å². The smallest absolute Gasteiger partial charge is 0.407 e. The van der Waals surface area contributed by atoms with Gasteiger partial charge in [0.1, 0.15) is 5.60 Å². The predicted molar refractivity (Wildman–Crippen MR) is 85.4 cm³/mol. The van der Waals surface area contributed by atoms with Gasteiger partial charge in [0, 0.05) is 19.1 Å². The highest BCUT2D eigenvalue weighted by Gasteiger charge is 2.26. The van der Waals surface area contributed by atoms with Crippen LogP contribution in [-0.4, -0.2) is 42.3 Å². The average molecular weight is 296 g/mol. The summed E-state index contributed by atoms with van der Waals surface area (Å²) in [6, 6.07) is 0.247. The summed E-state index contributed by atoms with van der Waals surface area (Å²) in [6.07, 6.45) is 8.97. The lowest BCUT2D eigenvalue weighted by molar-refractivity contribution is 0.0465. The van der Waals surface area contributed by atoms with Crippen molar-refractivity contribution in [1.82, 2.24) is 10.2 Å². The standard InChI is InChI=1S/C17H32N2O2/c1-17(2,3)21-16(20)18-15-10-7-11-19(13-15)12-14-8-5-4-6-9-14/h14-15H,4-13H2,1-3H3,(H,18,20)/t15-/m1/s1. The molecule has 1 amide bonds. The summed E-state index contributed by atoms with van der Waals surface area (Å²) in [4.78, 5) is 14.4.